The molecule has 2 aromatic carbocycles. The highest BCUT2D eigenvalue weighted by Gasteiger charge is 2.34. The van der Waals surface area contributed by atoms with Crippen molar-refractivity contribution in [2.75, 3.05) is 13.6 Å². The molecule has 0 spiro atoms. The summed E-state index contributed by atoms with van der Waals surface area (Å²) in [6, 6.07) is 8.32. The van der Waals surface area contributed by atoms with Gasteiger partial charge in [0.1, 0.15) is 0 Å². The van der Waals surface area contributed by atoms with Crippen LogP contribution in [-0.2, 0) is 12.8 Å². The first-order valence-electron chi connectivity index (χ1n) is 7.44. The van der Waals surface area contributed by atoms with E-state index in [0.717, 1.165) is 36.1 Å². The summed E-state index contributed by atoms with van der Waals surface area (Å²) in [5.74, 6) is -0.0152. The first-order valence-corrected chi connectivity index (χ1v) is 7.44. The largest absolute Gasteiger partial charge is 0.504 e. The van der Waals surface area contributed by atoms with Crippen molar-refractivity contribution in [3.05, 3.63) is 46.5 Å². The van der Waals surface area contributed by atoms with Gasteiger partial charge in [0.2, 0.25) is 0 Å². The lowest BCUT2D eigenvalue weighted by atomic mass is 9.76. The van der Waals surface area contributed by atoms with Crippen molar-refractivity contribution in [3.63, 3.8) is 0 Å². The van der Waals surface area contributed by atoms with E-state index in [0.29, 0.717) is 6.04 Å². The third kappa shape index (κ3) is 1.70. The van der Waals surface area contributed by atoms with Crippen LogP contribution >= 0.6 is 0 Å². The monoisotopic (exact) mass is 281 g/mol. The lowest BCUT2D eigenvalue weighted by molar-refractivity contribution is 0.228. The van der Waals surface area contributed by atoms with Gasteiger partial charge in [0.15, 0.2) is 11.5 Å². The maximum atomic E-state index is 10.4. The van der Waals surface area contributed by atoms with Gasteiger partial charge in [-0.25, -0.2) is 0 Å². The van der Waals surface area contributed by atoms with Crippen molar-refractivity contribution in [2.45, 2.75) is 25.8 Å². The van der Waals surface area contributed by atoms with Crippen molar-refractivity contribution >= 4 is 0 Å². The Morgan fingerprint density at radius 1 is 1.14 bits per heavy atom. The Morgan fingerprint density at radius 3 is 2.76 bits per heavy atom. The average molecular weight is 281 g/mol. The maximum absolute atomic E-state index is 10.4. The van der Waals surface area contributed by atoms with Crippen LogP contribution < -0.4 is 0 Å². The van der Waals surface area contributed by atoms with Crippen LogP contribution in [0.4, 0.5) is 0 Å². The summed E-state index contributed by atoms with van der Waals surface area (Å²) in [5, 5.41) is 20.2. The molecule has 1 unspecified atom stereocenters. The number of likely N-dealkylation sites (N-methyl/N-ethyl adjacent to an activating group) is 1. The minimum absolute atomic E-state index is 0.0203. The molecular formula is C18H19NO2. The van der Waals surface area contributed by atoms with Crippen LogP contribution in [0.25, 0.3) is 11.1 Å². The van der Waals surface area contributed by atoms with Crippen LogP contribution in [0.1, 0.15) is 28.3 Å². The molecule has 21 heavy (non-hydrogen) atoms. The minimum atomic E-state index is -0.0355. The number of rotatable bonds is 0. The van der Waals surface area contributed by atoms with E-state index in [1.54, 1.807) is 6.07 Å². The Hall–Kier alpha value is -2.00. The summed E-state index contributed by atoms with van der Waals surface area (Å²) in [7, 11) is 2.17. The molecule has 4 rings (SSSR count). The highest BCUT2D eigenvalue weighted by Crippen LogP contribution is 2.50. The Kier molecular flexibility index (Phi) is 2.57. The van der Waals surface area contributed by atoms with Gasteiger partial charge in [-0.1, -0.05) is 23.8 Å². The Labute approximate surface area is 124 Å². The highest BCUT2D eigenvalue weighted by molar-refractivity contribution is 5.82. The van der Waals surface area contributed by atoms with Gasteiger partial charge in [0.25, 0.3) is 0 Å². The number of aryl methyl sites for hydroxylation is 1. The number of benzene rings is 2. The van der Waals surface area contributed by atoms with E-state index in [-0.39, 0.29) is 11.5 Å². The summed E-state index contributed by atoms with van der Waals surface area (Å²) < 4.78 is 0. The Balaban J connectivity index is 2.08. The zero-order valence-corrected chi connectivity index (χ0v) is 12.3. The van der Waals surface area contributed by atoms with Crippen LogP contribution in [0.3, 0.4) is 0 Å². The maximum Gasteiger partial charge on any atom is 0.165 e. The molecule has 1 heterocycles. The van der Waals surface area contributed by atoms with Crippen molar-refractivity contribution in [1.29, 1.82) is 0 Å². The van der Waals surface area contributed by atoms with Gasteiger partial charge in [-0.05, 0) is 55.1 Å². The SMILES string of the molecule is Cc1cc2c3c(c1)-c1c(ccc(O)c1O)CC3N(C)CC2. The van der Waals surface area contributed by atoms with Crippen LogP contribution in [0.15, 0.2) is 24.3 Å². The number of fused-ring (bicyclic) bond motifs is 2. The first-order chi connectivity index (χ1) is 10.1. The molecule has 1 aliphatic heterocycles. The molecule has 0 saturated carbocycles. The van der Waals surface area contributed by atoms with Crippen molar-refractivity contribution in [3.8, 4) is 22.6 Å². The first kappa shape index (κ1) is 12.7. The van der Waals surface area contributed by atoms with Crippen molar-refractivity contribution < 1.29 is 10.2 Å². The molecule has 0 bridgehead atoms. The second kappa shape index (κ2) is 4.25. The van der Waals surface area contributed by atoms with Crippen LogP contribution in [0.5, 0.6) is 11.5 Å². The molecule has 2 aromatic rings. The van der Waals surface area contributed by atoms with Gasteiger partial charge in [-0.2, -0.15) is 0 Å². The van der Waals surface area contributed by atoms with Gasteiger partial charge in [-0.15, -0.1) is 0 Å². The molecule has 0 amide bonds. The number of phenols is 2. The average Bonchev–Trinajstić information content (AvgIpc) is 2.46. The Morgan fingerprint density at radius 2 is 1.95 bits per heavy atom. The summed E-state index contributed by atoms with van der Waals surface area (Å²) >= 11 is 0. The van der Waals surface area contributed by atoms with E-state index >= 15 is 0 Å². The van der Waals surface area contributed by atoms with Gasteiger partial charge >= 0.3 is 0 Å². The summed E-state index contributed by atoms with van der Waals surface area (Å²) in [6.07, 6.45) is 1.94. The lowest BCUT2D eigenvalue weighted by Gasteiger charge is -2.40. The van der Waals surface area contributed by atoms with Crippen molar-refractivity contribution in [1.82, 2.24) is 4.90 Å². The molecule has 3 heteroatoms. The molecule has 1 atom stereocenters. The van der Waals surface area contributed by atoms with Crippen LogP contribution in [0.2, 0.25) is 0 Å². The Bertz CT molecular complexity index is 751. The van der Waals surface area contributed by atoms with E-state index in [4.69, 9.17) is 0 Å². The second-order valence-electron chi connectivity index (χ2n) is 6.30. The zero-order valence-electron chi connectivity index (χ0n) is 12.3. The molecule has 0 fully saturated rings. The third-order valence-corrected chi connectivity index (χ3v) is 4.93. The van der Waals surface area contributed by atoms with Gasteiger partial charge in [0, 0.05) is 18.2 Å². The molecule has 0 saturated heterocycles. The molecule has 2 N–H and O–H groups in total. The standard InChI is InChI=1S/C18H19NO2/c1-10-7-12-5-6-19(2)14-9-11-3-4-15(20)18(21)17(11)13(8-10)16(12)14/h3-4,7-8,14,20-21H,5-6,9H2,1-2H3. The number of nitrogens with zero attached hydrogens (tertiary/aromatic N) is 1. The highest BCUT2D eigenvalue weighted by atomic mass is 16.3. The number of phenolic OH excluding ortho intramolecular Hbond substituents is 2. The summed E-state index contributed by atoms with van der Waals surface area (Å²) in [6.45, 7) is 3.16. The molecule has 108 valence electrons. The normalized spacial score (nSPS) is 20.0. The molecule has 3 nitrogen and oxygen atoms in total. The molecular weight excluding hydrogens is 262 g/mol. The van der Waals surface area contributed by atoms with Crippen molar-refractivity contribution in [2.24, 2.45) is 0 Å². The van der Waals surface area contributed by atoms with E-state index in [9.17, 15) is 10.2 Å². The fraction of sp³-hybridized carbons (Fsp3) is 0.333. The van der Waals surface area contributed by atoms with E-state index < -0.39 is 0 Å². The number of hydrogen-bond acceptors (Lipinski definition) is 3. The second-order valence-corrected chi connectivity index (χ2v) is 6.30. The predicted octanol–water partition coefficient (Wildman–Crippen LogP) is 3.16. The van der Waals surface area contributed by atoms with Gasteiger partial charge in [-0.3, -0.25) is 4.90 Å². The fourth-order valence-corrected chi connectivity index (χ4v) is 3.91. The zero-order chi connectivity index (χ0) is 14.7. The predicted molar refractivity (Wildman–Crippen MR) is 82.7 cm³/mol. The topological polar surface area (TPSA) is 43.7 Å². The molecule has 0 aromatic heterocycles. The van der Waals surface area contributed by atoms with E-state index in [1.807, 2.05) is 6.07 Å². The van der Waals surface area contributed by atoms with Gasteiger partial charge in [0.05, 0.1) is 0 Å². The third-order valence-electron chi connectivity index (χ3n) is 4.93. The lowest BCUT2D eigenvalue weighted by Crippen LogP contribution is -2.35. The molecule has 0 radical (unpaired) electrons. The smallest absolute Gasteiger partial charge is 0.165 e. The van der Waals surface area contributed by atoms with E-state index in [1.165, 1.54) is 16.7 Å². The number of hydrogen-bond donors (Lipinski definition) is 2. The summed E-state index contributed by atoms with van der Waals surface area (Å²) in [4.78, 5) is 2.40. The fourth-order valence-electron chi connectivity index (χ4n) is 3.91. The van der Waals surface area contributed by atoms with Crippen LogP contribution in [0, 0.1) is 6.92 Å². The quantitative estimate of drug-likeness (QED) is 0.729. The summed E-state index contributed by atoms with van der Waals surface area (Å²) in [5.41, 5.74) is 6.97. The van der Waals surface area contributed by atoms with Gasteiger partial charge < -0.3 is 10.2 Å². The van der Waals surface area contributed by atoms with E-state index in [2.05, 4.69) is 31.0 Å². The van der Waals surface area contributed by atoms with Crippen LogP contribution in [-0.4, -0.2) is 28.7 Å². The number of aromatic hydroxyl groups is 2. The molecule has 2 aliphatic rings. The molecule has 1 aliphatic carbocycles. The minimum Gasteiger partial charge on any atom is -0.504 e.